The summed E-state index contributed by atoms with van der Waals surface area (Å²) in [6.07, 6.45) is 11.5. The fourth-order valence-electron chi connectivity index (χ4n) is 5.23. The van der Waals surface area contributed by atoms with E-state index in [0.29, 0.717) is 18.6 Å². The van der Waals surface area contributed by atoms with Crippen molar-refractivity contribution in [1.82, 2.24) is 9.80 Å². The molecule has 4 nitrogen and oxygen atoms in total. The first kappa shape index (κ1) is 16.8. The molecule has 3 fully saturated rings. The molecule has 0 aromatic heterocycles. The zero-order chi connectivity index (χ0) is 16.4. The van der Waals surface area contributed by atoms with Crippen molar-refractivity contribution in [1.29, 1.82) is 5.26 Å². The first-order valence-electron chi connectivity index (χ1n) is 9.51. The Morgan fingerprint density at radius 3 is 2.61 bits per heavy atom. The molecule has 0 bridgehead atoms. The van der Waals surface area contributed by atoms with E-state index in [4.69, 9.17) is 0 Å². The van der Waals surface area contributed by atoms with Crippen molar-refractivity contribution in [3.63, 3.8) is 0 Å². The van der Waals surface area contributed by atoms with Crippen molar-refractivity contribution in [2.45, 2.75) is 88.8 Å². The van der Waals surface area contributed by atoms with Gasteiger partial charge in [-0.05, 0) is 44.9 Å². The number of amides is 1. The van der Waals surface area contributed by atoms with Gasteiger partial charge >= 0.3 is 0 Å². The van der Waals surface area contributed by atoms with Crippen LogP contribution in [0, 0.1) is 17.2 Å². The van der Waals surface area contributed by atoms with Gasteiger partial charge in [-0.2, -0.15) is 5.26 Å². The second kappa shape index (κ2) is 6.81. The van der Waals surface area contributed by atoms with Gasteiger partial charge in [0.2, 0.25) is 5.91 Å². The van der Waals surface area contributed by atoms with Crippen LogP contribution < -0.4 is 0 Å². The SMILES string of the molecule is CC1CC2CCCCC2N1CC(=O)N(C)C1(C#N)CCCCC1. The summed E-state index contributed by atoms with van der Waals surface area (Å²) in [5, 5.41) is 9.70. The lowest BCUT2D eigenvalue weighted by molar-refractivity contribution is -0.137. The third kappa shape index (κ3) is 3.13. The molecule has 3 rings (SSSR count). The minimum absolute atomic E-state index is 0.145. The highest BCUT2D eigenvalue weighted by atomic mass is 16.2. The molecule has 2 saturated carbocycles. The van der Waals surface area contributed by atoms with E-state index >= 15 is 0 Å². The predicted molar refractivity (Wildman–Crippen MR) is 90.7 cm³/mol. The molecule has 0 radical (unpaired) electrons. The average Bonchev–Trinajstić information content (AvgIpc) is 2.90. The Labute approximate surface area is 140 Å². The van der Waals surface area contributed by atoms with Gasteiger partial charge in [0.25, 0.3) is 0 Å². The fourth-order valence-corrected chi connectivity index (χ4v) is 5.23. The number of hydrogen-bond acceptors (Lipinski definition) is 3. The largest absolute Gasteiger partial charge is 0.326 e. The molecule has 3 atom stereocenters. The van der Waals surface area contributed by atoms with Gasteiger partial charge in [-0.15, -0.1) is 0 Å². The van der Waals surface area contributed by atoms with Gasteiger partial charge in [-0.25, -0.2) is 0 Å². The van der Waals surface area contributed by atoms with Gasteiger partial charge in [0, 0.05) is 19.1 Å². The molecule has 128 valence electrons. The lowest BCUT2D eigenvalue weighted by atomic mass is 9.81. The zero-order valence-electron chi connectivity index (χ0n) is 14.8. The lowest BCUT2D eigenvalue weighted by Crippen LogP contribution is -2.54. The molecule has 23 heavy (non-hydrogen) atoms. The Morgan fingerprint density at radius 2 is 1.91 bits per heavy atom. The summed E-state index contributed by atoms with van der Waals surface area (Å²) in [6, 6.07) is 3.58. The molecule has 0 aromatic carbocycles. The minimum atomic E-state index is -0.551. The van der Waals surface area contributed by atoms with Crippen molar-refractivity contribution >= 4 is 5.91 Å². The van der Waals surface area contributed by atoms with Gasteiger partial charge in [0.1, 0.15) is 5.54 Å². The Bertz CT molecular complexity index is 477. The monoisotopic (exact) mass is 317 g/mol. The Balaban J connectivity index is 1.67. The first-order chi connectivity index (χ1) is 11.1. The van der Waals surface area contributed by atoms with E-state index in [1.165, 1.54) is 38.5 Å². The highest BCUT2D eigenvalue weighted by Crippen LogP contribution is 2.40. The van der Waals surface area contributed by atoms with E-state index in [9.17, 15) is 10.1 Å². The highest BCUT2D eigenvalue weighted by Gasteiger charge is 2.43. The van der Waals surface area contributed by atoms with Gasteiger partial charge in [0.15, 0.2) is 0 Å². The highest BCUT2D eigenvalue weighted by molar-refractivity contribution is 5.79. The Morgan fingerprint density at radius 1 is 1.22 bits per heavy atom. The number of likely N-dealkylation sites (tertiary alicyclic amines) is 1. The van der Waals surface area contributed by atoms with E-state index in [2.05, 4.69) is 17.9 Å². The van der Waals surface area contributed by atoms with Gasteiger partial charge in [-0.1, -0.05) is 32.1 Å². The molecule has 2 aliphatic carbocycles. The number of carbonyl (C=O) groups excluding carboxylic acids is 1. The number of carbonyl (C=O) groups is 1. The van der Waals surface area contributed by atoms with Crippen LogP contribution in [0.25, 0.3) is 0 Å². The fraction of sp³-hybridized carbons (Fsp3) is 0.895. The lowest BCUT2D eigenvalue weighted by Gasteiger charge is -2.41. The first-order valence-corrected chi connectivity index (χ1v) is 9.51. The van der Waals surface area contributed by atoms with E-state index < -0.39 is 5.54 Å². The normalized spacial score (nSPS) is 33.7. The number of likely N-dealkylation sites (N-methyl/N-ethyl adjacent to an activating group) is 1. The van der Waals surface area contributed by atoms with E-state index in [1.807, 2.05) is 7.05 Å². The zero-order valence-corrected chi connectivity index (χ0v) is 14.8. The third-order valence-electron chi connectivity index (χ3n) is 6.73. The van der Waals surface area contributed by atoms with Crippen LogP contribution in [0.5, 0.6) is 0 Å². The summed E-state index contributed by atoms with van der Waals surface area (Å²) >= 11 is 0. The number of nitrogens with zero attached hydrogens (tertiary/aromatic N) is 3. The second-order valence-electron chi connectivity index (χ2n) is 8.03. The summed E-state index contributed by atoms with van der Waals surface area (Å²) in [7, 11) is 1.86. The molecule has 3 unspecified atom stereocenters. The van der Waals surface area contributed by atoms with Crippen LogP contribution in [-0.2, 0) is 4.79 Å². The molecule has 3 aliphatic rings. The van der Waals surface area contributed by atoms with Crippen molar-refractivity contribution in [2.75, 3.05) is 13.6 Å². The number of nitriles is 1. The molecule has 1 amide bonds. The summed E-state index contributed by atoms with van der Waals surface area (Å²) < 4.78 is 0. The summed E-state index contributed by atoms with van der Waals surface area (Å²) in [5.41, 5.74) is -0.551. The molecular formula is C19H31N3O. The van der Waals surface area contributed by atoms with Crippen LogP contribution in [0.1, 0.15) is 71.1 Å². The van der Waals surface area contributed by atoms with Crippen molar-refractivity contribution in [3.05, 3.63) is 0 Å². The average molecular weight is 317 g/mol. The second-order valence-corrected chi connectivity index (χ2v) is 8.03. The van der Waals surface area contributed by atoms with E-state index in [0.717, 1.165) is 31.6 Å². The summed E-state index contributed by atoms with van der Waals surface area (Å²) in [6.45, 7) is 2.77. The molecule has 1 saturated heterocycles. The molecule has 0 spiro atoms. The number of hydrogen-bond donors (Lipinski definition) is 0. The van der Waals surface area contributed by atoms with Crippen LogP contribution in [0.4, 0.5) is 0 Å². The van der Waals surface area contributed by atoms with Crippen LogP contribution in [0.2, 0.25) is 0 Å². The smallest absolute Gasteiger partial charge is 0.237 e. The molecular weight excluding hydrogens is 286 g/mol. The molecule has 1 aliphatic heterocycles. The maximum absolute atomic E-state index is 12.9. The third-order valence-corrected chi connectivity index (χ3v) is 6.73. The van der Waals surface area contributed by atoms with Crippen molar-refractivity contribution in [3.8, 4) is 6.07 Å². The Hall–Kier alpha value is -1.08. The predicted octanol–water partition coefficient (Wildman–Crippen LogP) is 3.32. The molecule has 0 aromatic rings. The topological polar surface area (TPSA) is 47.3 Å². The maximum Gasteiger partial charge on any atom is 0.237 e. The molecule has 1 heterocycles. The summed E-state index contributed by atoms with van der Waals surface area (Å²) in [4.78, 5) is 17.1. The van der Waals surface area contributed by atoms with Crippen molar-refractivity contribution in [2.24, 2.45) is 5.92 Å². The van der Waals surface area contributed by atoms with E-state index in [-0.39, 0.29) is 5.91 Å². The summed E-state index contributed by atoms with van der Waals surface area (Å²) in [5.74, 6) is 0.933. The maximum atomic E-state index is 12.9. The van der Waals surface area contributed by atoms with Crippen molar-refractivity contribution < 1.29 is 4.79 Å². The minimum Gasteiger partial charge on any atom is -0.326 e. The standard InChI is InChI=1S/C19H31N3O/c1-15-12-16-8-4-5-9-17(16)22(15)13-18(23)21(2)19(14-20)10-6-3-7-11-19/h15-17H,3-13H2,1-2H3. The van der Waals surface area contributed by atoms with E-state index in [1.54, 1.807) is 4.90 Å². The number of rotatable bonds is 3. The molecule has 4 heteroatoms. The van der Waals surface area contributed by atoms with Crippen LogP contribution in [0.3, 0.4) is 0 Å². The van der Waals surface area contributed by atoms with Crippen LogP contribution in [0.15, 0.2) is 0 Å². The van der Waals surface area contributed by atoms with Gasteiger partial charge < -0.3 is 4.90 Å². The number of fused-ring (bicyclic) bond motifs is 1. The van der Waals surface area contributed by atoms with Gasteiger partial charge in [-0.3, -0.25) is 9.69 Å². The van der Waals surface area contributed by atoms with Crippen LogP contribution in [-0.4, -0.2) is 46.9 Å². The quantitative estimate of drug-likeness (QED) is 0.802. The Kier molecular flexibility index (Phi) is 4.96. The van der Waals surface area contributed by atoms with Gasteiger partial charge in [0.05, 0.1) is 12.6 Å². The molecule has 0 N–H and O–H groups in total. The van der Waals surface area contributed by atoms with Crippen LogP contribution >= 0.6 is 0 Å².